The van der Waals surface area contributed by atoms with Crippen molar-refractivity contribution in [3.05, 3.63) is 71.9 Å². The quantitative estimate of drug-likeness (QED) is 0.696. The van der Waals surface area contributed by atoms with Crippen molar-refractivity contribution < 1.29 is 14.3 Å². The number of amides is 2. The number of carbonyl (C=O) groups excluding carboxylic acids is 2. The zero-order valence-electron chi connectivity index (χ0n) is 15.1. The number of nitrogens with one attached hydrogen (secondary N) is 2. The number of aryl methyl sites for hydroxylation is 1. The largest absolute Gasteiger partial charge is 0.449 e. The van der Waals surface area contributed by atoms with Crippen LogP contribution in [-0.2, 0) is 4.74 Å². The van der Waals surface area contributed by atoms with Crippen LogP contribution in [0.4, 0.5) is 4.79 Å². The summed E-state index contributed by atoms with van der Waals surface area (Å²) in [5.74, 6) is -0.485. The number of hydrogen-bond acceptors (Lipinski definition) is 4. The van der Waals surface area contributed by atoms with Crippen LogP contribution in [0.5, 0.6) is 0 Å². The molecule has 0 unspecified atom stereocenters. The molecule has 27 heavy (non-hydrogen) atoms. The van der Waals surface area contributed by atoms with E-state index in [9.17, 15) is 9.59 Å². The van der Waals surface area contributed by atoms with Gasteiger partial charge in [-0.25, -0.2) is 14.9 Å². The Bertz CT molecular complexity index is 934. The lowest BCUT2D eigenvalue weighted by Gasteiger charge is -2.07. The summed E-state index contributed by atoms with van der Waals surface area (Å²) in [7, 11) is 0. The van der Waals surface area contributed by atoms with E-state index in [4.69, 9.17) is 4.74 Å². The Labute approximate surface area is 156 Å². The van der Waals surface area contributed by atoms with Crippen LogP contribution in [0, 0.1) is 6.92 Å². The Kier molecular flexibility index (Phi) is 5.51. The first-order chi connectivity index (χ1) is 13.1. The van der Waals surface area contributed by atoms with Gasteiger partial charge in [-0.15, -0.1) is 0 Å². The smallest absolute Gasteiger partial charge is 0.426 e. The summed E-state index contributed by atoms with van der Waals surface area (Å²) < 4.78 is 6.38. The highest BCUT2D eigenvalue weighted by Crippen LogP contribution is 2.24. The van der Waals surface area contributed by atoms with Gasteiger partial charge in [-0.3, -0.25) is 10.2 Å². The lowest BCUT2D eigenvalue weighted by Crippen LogP contribution is -2.42. The number of ether oxygens (including phenoxy) is 1. The molecule has 0 spiro atoms. The van der Waals surface area contributed by atoms with Crippen LogP contribution in [0.1, 0.15) is 22.8 Å². The predicted octanol–water partition coefficient (Wildman–Crippen LogP) is 3.24. The standard InChI is InChI=1S/C20H20N4O3/c1-3-27-20(26)22-21-19(25)17-13-24(16-7-5-4-6-8-16)23-18(17)15-11-9-14(2)10-12-15/h4-13H,3H2,1-2H3,(H,21,25)(H,22,26). The molecular formula is C20H20N4O3. The van der Waals surface area contributed by atoms with Crippen molar-refractivity contribution in [1.29, 1.82) is 0 Å². The molecule has 0 fully saturated rings. The Hall–Kier alpha value is -3.61. The van der Waals surface area contributed by atoms with Gasteiger partial charge in [0.1, 0.15) is 5.69 Å². The van der Waals surface area contributed by atoms with Gasteiger partial charge in [-0.05, 0) is 26.0 Å². The minimum atomic E-state index is -0.724. The lowest BCUT2D eigenvalue weighted by atomic mass is 10.1. The highest BCUT2D eigenvalue weighted by atomic mass is 16.5. The monoisotopic (exact) mass is 364 g/mol. The van der Waals surface area contributed by atoms with Crippen LogP contribution < -0.4 is 10.9 Å². The normalized spacial score (nSPS) is 10.3. The number of para-hydroxylation sites is 1. The molecule has 138 valence electrons. The third-order valence-corrected chi connectivity index (χ3v) is 3.86. The van der Waals surface area contributed by atoms with E-state index in [2.05, 4.69) is 16.0 Å². The van der Waals surface area contributed by atoms with Crippen LogP contribution in [0.25, 0.3) is 16.9 Å². The third-order valence-electron chi connectivity index (χ3n) is 3.86. The van der Waals surface area contributed by atoms with Gasteiger partial charge in [0.25, 0.3) is 5.91 Å². The minimum absolute atomic E-state index is 0.211. The molecule has 0 aliphatic heterocycles. The Morgan fingerprint density at radius 2 is 1.74 bits per heavy atom. The van der Waals surface area contributed by atoms with E-state index < -0.39 is 12.0 Å². The molecule has 2 N–H and O–H groups in total. The first-order valence-corrected chi connectivity index (χ1v) is 8.53. The third kappa shape index (κ3) is 4.33. The number of rotatable bonds is 4. The van der Waals surface area contributed by atoms with Gasteiger partial charge in [0.15, 0.2) is 0 Å². The maximum Gasteiger partial charge on any atom is 0.426 e. The Balaban J connectivity index is 1.95. The van der Waals surface area contributed by atoms with Crippen LogP contribution in [-0.4, -0.2) is 28.4 Å². The van der Waals surface area contributed by atoms with Crippen molar-refractivity contribution in [1.82, 2.24) is 20.6 Å². The molecule has 7 heteroatoms. The van der Waals surface area contributed by atoms with Crippen LogP contribution in [0.3, 0.4) is 0 Å². The maximum atomic E-state index is 12.6. The fourth-order valence-corrected chi connectivity index (χ4v) is 2.52. The summed E-state index contributed by atoms with van der Waals surface area (Å²) in [5, 5.41) is 4.58. The lowest BCUT2D eigenvalue weighted by molar-refractivity contribution is 0.0913. The number of nitrogens with zero attached hydrogens (tertiary/aromatic N) is 2. The van der Waals surface area contributed by atoms with E-state index in [0.29, 0.717) is 11.3 Å². The van der Waals surface area contributed by atoms with Crippen molar-refractivity contribution in [2.75, 3.05) is 6.61 Å². The number of carbonyl (C=O) groups is 2. The van der Waals surface area contributed by atoms with E-state index in [1.54, 1.807) is 17.8 Å². The second kappa shape index (κ2) is 8.18. The predicted molar refractivity (Wildman–Crippen MR) is 101 cm³/mol. The molecular weight excluding hydrogens is 344 g/mol. The average Bonchev–Trinajstić information content (AvgIpc) is 3.13. The second-order valence-corrected chi connectivity index (χ2v) is 5.84. The SMILES string of the molecule is CCOC(=O)NNC(=O)c1cn(-c2ccccc2)nc1-c1ccc(C)cc1. The van der Waals surface area contributed by atoms with E-state index in [0.717, 1.165) is 16.8 Å². The van der Waals surface area contributed by atoms with Gasteiger partial charge < -0.3 is 4.74 Å². The van der Waals surface area contributed by atoms with E-state index in [-0.39, 0.29) is 6.61 Å². The second-order valence-electron chi connectivity index (χ2n) is 5.84. The van der Waals surface area contributed by atoms with Gasteiger partial charge in [0.2, 0.25) is 0 Å². The van der Waals surface area contributed by atoms with Crippen LogP contribution in [0.2, 0.25) is 0 Å². The summed E-state index contributed by atoms with van der Waals surface area (Å²) in [6, 6.07) is 17.2. The molecule has 3 aromatic rings. The fourth-order valence-electron chi connectivity index (χ4n) is 2.52. The molecule has 0 aliphatic carbocycles. The molecule has 0 atom stereocenters. The number of hydrogen-bond donors (Lipinski definition) is 2. The van der Waals surface area contributed by atoms with Crippen LogP contribution in [0.15, 0.2) is 60.8 Å². The Morgan fingerprint density at radius 1 is 1.04 bits per heavy atom. The van der Waals surface area contributed by atoms with Gasteiger partial charge in [0, 0.05) is 11.8 Å². The maximum absolute atomic E-state index is 12.6. The number of hydrazine groups is 1. The molecule has 7 nitrogen and oxygen atoms in total. The molecule has 2 amide bonds. The average molecular weight is 364 g/mol. The van der Waals surface area contributed by atoms with Gasteiger partial charge in [-0.2, -0.15) is 5.10 Å². The molecule has 3 rings (SSSR count). The molecule has 0 aliphatic rings. The van der Waals surface area contributed by atoms with Crippen molar-refractivity contribution in [3.8, 4) is 16.9 Å². The van der Waals surface area contributed by atoms with Crippen molar-refractivity contribution in [2.24, 2.45) is 0 Å². The summed E-state index contributed by atoms with van der Waals surface area (Å²) >= 11 is 0. The van der Waals surface area contributed by atoms with Gasteiger partial charge >= 0.3 is 6.09 Å². The van der Waals surface area contributed by atoms with Gasteiger partial charge in [0.05, 0.1) is 17.9 Å². The zero-order valence-corrected chi connectivity index (χ0v) is 15.1. The van der Waals surface area contributed by atoms with E-state index in [1.807, 2.05) is 61.5 Å². The first kappa shape index (κ1) is 18.2. The Morgan fingerprint density at radius 3 is 2.41 bits per heavy atom. The first-order valence-electron chi connectivity index (χ1n) is 8.53. The molecule has 2 aromatic carbocycles. The molecule has 0 saturated carbocycles. The van der Waals surface area contributed by atoms with E-state index >= 15 is 0 Å². The minimum Gasteiger partial charge on any atom is -0.449 e. The molecule has 1 aromatic heterocycles. The number of aromatic nitrogens is 2. The van der Waals surface area contributed by atoms with Crippen molar-refractivity contribution in [3.63, 3.8) is 0 Å². The van der Waals surface area contributed by atoms with Crippen LogP contribution >= 0.6 is 0 Å². The summed E-state index contributed by atoms with van der Waals surface area (Å²) in [6.45, 7) is 3.88. The fraction of sp³-hybridized carbons (Fsp3) is 0.150. The topological polar surface area (TPSA) is 85.3 Å². The molecule has 0 saturated heterocycles. The zero-order chi connectivity index (χ0) is 19.2. The van der Waals surface area contributed by atoms with Gasteiger partial charge in [-0.1, -0.05) is 48.0 Å². The summed E-state index contributed by atoms with van der Waals surface area (Å²) in [6.07, 6.45) is 0.908. The summed E-state index contributed by atoms with van der Waals surface area (Å²) in [4.78, 5) is 24.1. The molecule has 0 bridgehead atoms. The summed E-state index contributed by atoms with van der Waals surface area (Å²) in [5.41, 5.74) is 8.16. The number of benzene rings is 2. The van der Waals surface area contributed by atoms with E-state index in [1.165, 1.54) is 0 Å². The van der Waals surface area contributed by atoms with Crippen molar-refractivity contribution >= 4 is 12.0 Å². The highest BCUT2D eigenvalue weighted by molar-refractivity contribution is 6.00. The molecule has 0 radical (unpaired) electrons. The molecule has 1 heterocycles. The van der Waals surface area contributed by atoms with Crippen molar-refractivity contribution in [2.45, 2.75) is 13.8 Å². The highest BCUT2D eigenvalue weighted by Gasteiger charge is 2.19.